The molecule has 0 aromatic heterocycles. The number of nitrogens with zero attached hydrogens (tertiary/aromatic N) is 1. The highest BCUT2D eigenvalue weighted by molar-refractivity contribution is 4.53. The molecule has 0 rings (SSSR count). The molecule has 0 aliphatic carbocycles. The Morgan fingerprint density at radius 3 is 0.512 bits per heavy atom. The van der Waals surface area contributed by atoms with Gasteiger partial charge in [0, 0.05) is 0 Å². The molecule has 262 valence electrons. The zero-order valence-electron chi connectivity index (χ0n) is 31.0. The summed E-state index contributed by atoms with van der Waals surface area (Å²) in [5.41, 5.74) is 0. The van der Waals surface area contributed by atoms with Gasteiger partial charge >= 0.3 is 0 Å². The van der Waals surface area contributed by atoms with Crippen LogP contribution in [-0.2, 0) is 0 Å². The molecule has 0 aromatic carbocycles. The fourth-order valence-corrected chi connectivity index (χ4v) is 6.67. The van der Waals surface area contributed by atoms with E-state index < -0.39 is 0 Å². The molecule has 0 saturated carbocycles. The van der Waals surface area contributed by atoms with Crippen LogP contribution in [0.3, 0.4) is 0 Å². The standard InChI is InChI=1S/C41H86N.ClH/c1-5-6-7-8-9-10-11-12-13-14-15-16-17-18-19-20-21-22-23-24-25-26-27-28-29-30-31-32-33-34-35-36-37-38-39-40-41-42(2,3)4;/h5-41H2,1-4H3;1H/q+1;/p-1. The smallest absolute Gasteiger partial charge is 0.0780 e. The molecule has 0 heterocycles. The molecule has 2 heteroatoms. The normalized spacial score (nSPS) is 11.7. The molecule has 0 saturated heterocycles. The van der Waals surface area contributed by atoms with E-state index >= 15 is 0 Å². The van der Waals surface area contributed by atoms with Crippen LogP contribution in [0.5, 0.6) is 0 Å². The third kappa shape index (κ3) is 44.4. The van der Waals surface area contributed by atoms with Gasteiger partial charge in [-0.2, -0.15) is 0 Å². The average Bonchev–Trinajstić information content (AvgIpc) is 2.96. The van der Waals surface area contributed by atoms with Crippen molar-refractivity contribution in [1.29, 1.82) is 0 Å². The molecular formula is C41H86ClN. The Morgan fingerprint density at radius 2 is 0.372 bits per heavy atom. The van der Waals surface area contributed by atoms with Gasteiger partial charge in [0.2, 0.25) is 0 Å². The maximum Gasteiger partial charge on any atom is 0.0780 e. The molecule has 0 spiro atoms. The molecule has 1 nitrogen and oxygen atoms in total. The van der Waals surface area contributed by atoms with E-state index in [2.05, 4.69) is 28.1 Å². The molecule has 0 unspecified atom stereocenters. The van der Waals surface area contributed by atoms with Crippen LogP contribution in [0.25, 0.3) is 0 Å². The molecule has 0 aliphatic heterocycles. The molecule has 0 N–H and O–H groups in total. The second-order valence-electron chi connectivity index (χ2n) is 15.4. The molecule has 0 aromatic rings. The van der Waals surface area contributed by atoms with E-state index in [1.807, 2.05) is 0 Å². The second kappa shape index (κ2) is 38.4. The van der Waals surface area contributed by atoms with Crippen LogP contribution < -0.4 is 12.4 Å². The summed E-state index contributed by atoms with van der Waals surface area (Å²) in [6.45, 7) is 3.64. The lowest BCUT2D eigenvalue weighted by Crippen LogP contribution is -3.00. The molecule has 43 heavy (non-hydrogen) atoms. The van der Waals surface area contributed by atoms with Crippen molar-refractivity contribution in [2.24, 2.45) is 0 Å². The quantitative estimate of drug-likeness (QED) is 0.0474. The number of unbranched alkanes of at least 4 members (excludes halogenated alkanes) is 35. The van der Waals surface area contributed by atoms with Gasteiger partial charge in [-0.05, 0) is 12.8 Å². The number of hydrogen-bond donors (Lipinski definition) is 0. The van der Waals surface area contributed by atoms with E-state index in [4.69, 9.17) is 0 Å². The van der Waals surface area contributed by atoms with Gasteiger partial charge in [-0.15, -0.1) is 0 Å². The first-order chi connectivity index (χ1) is 20.6. The fraction of sp³-hybridized carbons (Fsp3) is 1.00. The van der Waals surface area contributed by atoms with Crippen LogP contribution in [0.15, 0.2) is 0 Å². The third-order valence-electron chi connectivity index (χ3n) is 9.68. The van der Waals surface area contributed by atoms with Crippen LogP contribution >= 0.6 is 0 Å². The SMILES string of the molecule is CCCCCCCCCCCCCCCCCCCCCCCCCCCCCCCCCCCCCC[N+](C)(C)C.[Cl-]. The van der Waals surface area contributed by atoms with Crippen molar-refractivity contribution in [3.05, 3.63) is 0 Å². The van der Waals surface area contributed by atoms with Crippen LogP contribution in [0.1, 0.15) is 238 Å². The fourth-order valence-electron chi connectivity index (χ4n) is 6.67. The van der Waals surface area contributed by atoms with Gasteiger partial charge < -0.3 is 16.9 Å². The monoisotopic (exact) mass is 628 g/mol. The molecule has 0 radical (unpaired) electrons. The van der Waals surface area contributed by atoms with Gasteiger partial charge in [-0.25, -0.2) is 0 Å². The highest BCUT2D eigenvalue weighted by atomic mass is 35.5. The molecular weight excluding hydrogens is 542 g/mol. The van der Waals surface area contributed by atoms with Crippen molar-refractivity contribution in [2.75, 3.05) is 27.7 Å². The van der Waals surface area contributed by atoms with Crippen LogP contribution in [-0.4, -0.2) is 32.2 Å². The van der Waals surface area contributed by atoms with Gasteiger partial charge in [0.1, 0.15) is 0 Å². The summed E-state index contributed by atoms with van der Waals surface area (Å²) < 4.78 is 1.12. The Kier molecular flexibility index (Phi) is 40.6. The van der Waals surface area contributed by atoms with Crippen LogP contribution in [0, 0.1) is 0 Å². The Morgan fingerprint density at radius 1 is 0.233 bits per heavy atom. The summed E-state index contributed by atoms with van der Waals surface area (Å²) in [7, 11) is 6.93. The Hall–Kier alpha value is 0.250. The first-order valence-electron chi connectivity index (χ1n) is 20.4. The predicted molar refractivity (Wildman–Crippen MR) is 195 cm³/mol. The van der Waals surface area contributed by atoms with Gasteiger partial charge in [0.25, 0.3) is 0 Å². The number of hydrogen-bond acceptors (Lipinski definition) is 0. The van der Waals surface area contributed by atoms with E-state index in [1.54, 1.807) is 0 Å². The third-order valence-corrected chi connectivity index (χ3v) is 9.68. The Labute approximate surface area is 281 Å². The van der Waals surface area contributed by atoms with Crippen molar-refractivity contribution in [3.63, 3.8) is 0 Å². The van der Waals surface area contributed by atoms with Crippen molar-refractivity contribution in [2.45, 2.75) is 238 Å². The van der Waals surface area contributed by atoms with Crippen molar-refractivity contribution < 1.29 is 16.9 Å². The van der Waals surface area contributed by atoms with Crippen molar-refractivity contribution >= 4 is 0 Å². The minimum atomic E-state index is 0. The topological polar surface area (TPSA) is 0 Å². The lowest BCUT2D eigenvalue weighted by Gasteiger charge is -2.23. The number of rotatable bonds is 37. The summed E-state index contributed by atoms with van der Waals surface area (Å²) in [6, 6.07) is 0. The molecule has 0 aliphatic rings. The first-order valence-corrected chi connectivity index (χ1v) is 20.4. The number of halogens is 1. The maximum atomic E-state index is 2.31. The molecule has 0 amide bonds. The van der Waals surface area contributed by atoms with Gasteiger partial charge in [0.05, 0.1) is 27.7 Å². The van der Waals surface area contributed by atoms with E-state index in [-0.39, 0.29) is 12.4 Å². The zero-order chi connectivity index (χ0) is 30.7. The number of quaternary nitrogens is 1. The molecule has 0 fully saturated rings. The summed E-state index contributed by atoms with van der Waals surface area (Å²) in [6.07, 6.45) is 53.3. The van der Waals surface area contributed by atoms with Crippen LogP contribution in [0.2, 0.25) is 0 Å². The van der Waals surface area contributed by atoms with Gasteiger partial charge in [0.15, 0.2) is 0 Å². The molecule has 0 bridgehead atoms. The highest BCUT2D eigenvalue weighted by Gasteiger charge is 2.05. The lowest BCUT2D eigenvalue weighted by molar-refractivity contribution is -0.870. The minimum Gasteiger partial charge on any atom is -1.00 e. The molecule has 0 atom stereocenters. The first kappa shape index (κ1) is 45.4. The van der Waals surface area contributed by atoms with E-state index in [1.165, 1.54) is 238 Å². The van der Waals surface area contributed by atoms with E-state index in [9.17, 15) is 0 Å². The lowest BCUT2D eigenvalue weighted by atomic mass is 10.0. The zero-order valence-corrected chi connectivity index (χ0v) is 31.7. The predicted octanol–water partition coefficient (Wildman–Crippen LogP) is 11.8. The maximum absolute atomic E-state index is 2.31. The van der Waals surface area contributed by atoms with Gasteiger partial charge in [-0.3, -0.25) is 0 Å². The summed E-state index contributed by atoms with van der Waals surface area (Å²) in [5, 5.41) is 0. The van der Waals surface area contributed by atoms with E-state index in [0.717, 1.165) is 4.48 Å². The minimum absolute atomic E-state index is 0. The highest BCUT2D eigenvalue weighted by Crippen LogP contribution is 2.17. The van der Waals surface area contributed by atoms with Crippen molar-refractivity contribution in [3.8, 4) is 0 Å². The largest absolute Gasteiger partial charge is 1.00 e. The Balaban J connectivity index is 0. The summed E-state index contributed by atoms with van der Waals surface area (Å²) >= 11 is 0. The van der Waals surface area contributed by atoms with Crippen LogP contribution in [0.4, 0.5) is 0 Å². The summed E-state index contributed by atoms with van der Waals surface area (Å²) in [5.74, 6) is 0. The second-order valence-corrected chi connectivity index (χ2v) is 15.4. The van der Waals surface area contributed by atoms with Gasteiger partial charge in [-0.1, -0.05) is 225 Å². The van der Waals surface area contributed by atoms with E-state index in [0.29, 0.717) is 0 Å². The average molecular weight is 629 g/mol. The van der Waals surface area contributed by atoms with Crippen molar-refractivity contribution in [1.82, 2.24) is 0 Å². The Bertz CT molecular complexity index is 471. The summed E-state index contributed by atoms with van der Waals surface area (Å²) in [4.78, 5) is 0.